The molecule has 0 radical (unpaired) electrons. The van der Waals surface area contributed by atoms with Gasteiger partial charge in [-0.25, -0.2) is 0 Å². The maximum Gasteiger partial charge on any atom is 0.254 e. The molecule has 116 valence electrons. The number of rotatable bonds is 4. The van der Waals surface area contributed by atoms with E-state index in [4.69, 9.17) is 5.26 Å². The third kappa shape index (κ3) is 4.42. The minimum absolute atomic E-state index is 0.0660. The lowest BCUT2D eigenvalue weighted by molar-refractivity contribution is -0.116. The molecule has 0 saturated heterocycles. The van der Waals surface area contributed by atoms with Crippen molar-refractivity contribution in [1.82, 2.24) is 4.90 Å². The van der Waals surface area contributed by atoms with Crippen LogP contribution in [0.15, 0.2) is 48.5 Å². The third-order valence-corrected chi connectivity index (χ3v) is 3.30. The molecule has 0 aliphatic rings. The third-order valence-electron chi connectivity index (χ3n) is 3.30. The van der Waals surface area contributed by atoms with E-state index in [1.807, 2.05) is 37.3 Å². The number of hydrogen-bond acceptors (Lipinski definition) is 3. The van der Waals surface area contributed by atoms with E-state index in [1.54, 1.807) is 25.2 Å². The second kappa shape index (κ2) is 7.23. The van der Waals surface area contributed by atoms with Gasteiger partial charge in [0, 0.05) is 18.3 Å². The van der Waals surface area contributed by atoms with Gasteiger partial charge in [-0.15, -0.1) is 0 Å². The topological polar surface area (TPSA) is 73.2 Å². The number of nitrogens with one attached hydrogen (secondary N) is 1. The molecule has 0 atom stereocenters. The zero-order valence-electron chi connectivity index (χ0n) is 13.0. The summed E-state index contributed by atoms with van der Waals surface area (Å²) in [7, 11) is 1.55. The highest BCUT2D eigenvalue weighted by Gasteiger charge is 2.15. The first kappa shape index (κ1) is 16.2. The molecule has 0 unspecified atom stereocenters. The minimum Gasteiger partial charge on any atom is -0.332 e. The number of anilines is 1. The minimum atomic E-state index is -0.304. The van der Waals surface area contributed by atoms with E-state index in [1.165, 1.54) is 11.0 Å². The number of nitrogens with zero attached hydrogens (tertiary/aromatic N) is 2. The average Bonchev–Trinajstić information content (AvgIpc) is 2.56. The van der Waals surface area contributed by atoms with Crippen LogP contribution in [-0.2, 0) is 4.79 Å². The second-order valence-electron chi connectivity index (χ2n) is 5.27. The number of carbonyl (C=O) groups excluding carboxylic acids is 2. The molecular weight excluding hydrogens is 290 g/mol. The van der Waals surface area contributed by atoms with E-state index in [0.717, 1.165) is 5.56 Å². The zero-order chi connectivity index (χ0) is 16.8. The van der Waals surface area contributed by atoms with Crippen LogP contribution in [0.5, 0.6) is 0 Å². The van der Waals surface area contributed by atoms with Gasteiger partial charge >= 0.3 is 0 Å². The molecule has 0 spiro atoms. The van der Waals surface area contributed by atoms with Crippen LogP contribution in [0, 0.1) is 18.3 Å². The molecule has 0 heterocycles. The fourth-order valence-corrected chi connectivity index (χ4v) is 2.07. The highest BCUT2D eigenvalue weighted by molar-refractivity contribution is 5.99. The van der Waals surface area contributed by atoms with E-state index in [-0.39, 0.29) is 18.4 Å². The van der Waals surface area contributed by atoms with Gasteiger partial charge in [0.25, 0.3) is 5.91 Å². The van der Waals surface area contributed by atoms with E-state index in [0.29, 0.717) is 16.8 Å². The van der Waals surface area contributed by atoms with Crippen LogP contribution < -0.4 is 5.32 Å². The predicted molar refractivity (Wildman–Crippen MR) is 87.9 cm³/mol. The maximum absolute atomic E-state index is 12.3. The molecule has 0 bridgehead atoms. The molecule has 23 heavy (non-hydrogen) atoms. The molecule has 0 saturated carbocycles. The summed E-state index contributed by atoms with van der Waals surface area (Å²) in [6, 6.07) is 15.8. The van der Waals surface area contributed by atoms with Crippen molar-refractivity contribution in [1.29, 1.82) is 5.26 Å². The monoisotopic (exact) mass is 307 g/mol. The smallest absolute Gasteiger partial charge is 0.254 e. The summed E-state index contributed by atoms with van der Waals surface area (Å²) in [5.41, 5.74) is 2.59. The van der Waals surface area contributed by atoms with Crippen molar-refractivity contribution < 1.29 is 9.59 Å². The highest BCUT2D eigenvalue weighted by atomic mass is 16.2. The van der Waals surface area contributed by atoms with Gasteiger partial charge in [-0.3, -0.25) is 9.59 Å². The lowest BCUT2D eigenvalue weighted by Crippen LogP contribution is -2.34. The largest absolute Gasteiger partial charge is 0.332 e. The maximum atomic E-state index is 12.3. The van der Waals surface area contributed by atoms with Crippen molar-refractivity contribution in [3.05, 3.63) is 65.2 Å². The molecule has 0 aromatic heterocycles. The Bertz CT molecular complexity index is 761. The summed E-state index contributed by atoms with van der Waals surface area (Å²) in [5.74, 6) is -0.581. The van der Waals surface area contributed by atoms with Crippen LogP contribution in [0.2, 0.25) is 0 Å². The average molecular weight is 307 g/mol. The molecule has 2 aromatic rings. The van der Waals surface area contributed by atoms with E-state index in [9.17, 15) is 9.59 Å². The summed E-state index contributed by atoms with van der Waals surface area (Å²) >= 11 is 0. The molecule has 5 heteroatoms. The number of amides is 2. The van der Waals surface area contributed by atoms with Gasteiger partial charge in [0.2, 0.25) is 5.91 Å². The molecule has 2 rings (SSSR count). The van der Waals surface area contributed by atoms with Gasteiger partial charge in [0.1, 0.15) is 0 Å². The number of hydrogen-bond donors (Lipinski definition) is 1. The van der Waals surface area contributed by atoms with Gasteiger partial charge < -0.3 is 10.2 Å². The second-order valence-corrected chi connectivity index (χ2v) is 5.27. The number of nitriles is 1. The van der Waals surface area contributed by atoms with Gasteiger partial charge in [0.05, 0.1) is 18.2 Å². The first-order valence-corrected chi connectivity index (χ1v) is 7.12. The summed E-state index contributed by atoms with van der Waals surface area (Å²) in [6.45, 7) is 1.90. The van der Waals surface area contributed by atoms with Crippen molar-refractivity contribution in [2.75, 3.05) is 18.9 Å². The van der Waals surface area contributed by atoms with Crippen LogP contribution in [0.4, 0.5) is 5.69 Å². The van der Waals surface area contributed by atoms with Gasteiger partial charge in [-0.1, -0.05) is 23.8 Å². The Hall–Kier alpha value is -3.13. The van der Waals surface area contributed by atoms with Crippen molar-refractivity contribution in [2.45, 2.75) is 6.92 Å². The fraction of sp³-hybridized carbons (Fsp3) is 0.167. The van der Waals surface area contributed by atoms with Crippen LogP contribution in [0.1, 0.15) is 21.5 Å². The van der Waals surface area contributed by atoms with Crippen molar-refractivity contribution in [3.63, 3.8) is 0 Å². The molecule has 0 aliphatic carbocycles. The quantitative estimate of drug-likeness (QED) is 0.943. The summed E-state index contributed by atoms with van der Waals surface area (Å²) in [4.78, 5) is 25.6. The van der Waals surface area contributed by atoms with Gasteiger partial charge in [0.15, 0.2) is 0 Å². The normalized spacial score (nSPS) is 9.78. The Morgan fingerprint density at radius 3 is 2.52 bits per heavy atom. The lowest BCUT2D eigenvalue weighted by atomic mass is 10.1. The molecule has 5 nitrogen and oxygen atoms in total. The summed E-state index contributed by atoms with van der Waals surface area (Å²) < 4.78 is 0. The predicted octanol–water partition coefficient (Wildman–Crippen LogP) is 2.58. The van der Waals surface area contributed by atoms with Crippen LogP contribution in [-0.4, -0.2) is 30.3 Å². The van der Waals surface area contributed by atoms with Crippen LogP contribution >= 0.6 is 0 Å². The molecule has 0 fully saturated rings. The Morgan fingerprint density at radius 2 is 1.87 bits per heavy atom. The molecule has 1 N–H and O–H groups in total. The summed E-state index contributed by atoms with van der Waals surface area (Å²) in [6.07, 6.45) is 0. The Labute approximate surface area is 135 Å². The Balaban J connectivity index is 1.98. The number of likely N-dealkylation sites (N-methyl/N-ethyl adjacent to an activating group) is 1. The zero-order valence-corrected chi connectivity index (χ0v) is 13.0. The van der Waals surface area contributed by atoms with E-state index in [2.05, 4.69) is 5.32 Å². The highest BCUT2D eigenvalue weighted by Crippen LogP contribution is 2.10. The number of benzene rings is 2. The van der Waals surface area contributed by atoms with Crippen molar-refractivity contribution in [3.8, 4) is 6.07 Å². The first-order valence-electron chi connectivity index (χ1n) is 7.12. The Kier molecular flexibility index (Phi) is 5.11. The van der Waals surface area contributed by atoms with Gasteiger partial charge in [-0.2, -0.15) is 5.26 Å². The number of carbonyl (C=O) groups is 2. The SMILES string of the molecule is Cc1ccc(NC(=O)CN(C)C(=O)c2cccc(C#N)c2)cc1. The van der Waals surface area contributed by atoms with Gasteiger partial charge in [-0.05, 0) is 37.3 Å². The molecular formula is C18H17N3O2. The van der Waals surface area contributed by atoms with Crippen LogP contribution in [0.25, 0.3) is 0 Å². The molecule has 2 aromatic carbocycles. The fourth-order valence-electron chi connectivity index (χ4n) is 2.07. The van der Waals surface area contributed by atoms with E-state index >= 15 is 0 Å². The molecule has 0 aliphatic heterocycles. The summed E-state index contributed by atoms with van der Waals surface area (Å²) in [5, 5.41) is 11.6. The lowest BCUT2D eigenvalue weighted by Gasteiger charge is -2.17. The molecule has 2 amide bonds. The van der Waals surface area contributed by atoms with E-state index < -0.39 is 0 Å². The van der Waals surface area contributed by atoms with Crippen molar-refractivity contribution in [2.24, 2.45) is 0 Å². The van der Waals surface area contributed by atoms with Crippen LogP contribution in [0.3, 0.4) is 0 Å². The first-order chi connectivity index (χ1) is 11.0. The standard InChI is InChI=1S/C18H17N3O2/c1-13-6-8-16(9-7-13)20-17(22)12-21(2)18(23)15-5-3-4-14(10-15)11-19/h3-10H,12H2,1-2H3,(H,20,22). The Morgan fingerprint density at radius 1 is 1.17 bits per heavy atom. The van der Waals surface area contributed by atoms with Crippen molar-refractivity contribution >= 4 is 17.5 Å². The number of aryl methyl sites for hydroxylation is 1.